The molecule has 1 amide bonds. The number of carbonyl (C=O) groups excluding carboxylic acids is 1. The Balaban J connectivity index is 1.88. The number of fused-ring (bicyclic) bond motifs is 1. The van der Waals surface area contributed by atoms with Gasteiger partial charge in [0.25, 0.3) is 0 Å². The van der Waals surface area contributed by atoms with Crippen molar-refractivity contribution in [3.63, 3.8) is 0 Å². The number of rotatable bonds is 2. The quantitative estimate of drug-likeness (QED) is 0.875. The average Bonchev–Trinajstić information content (AvgIpc) is 2.92. The first-order valence-electron chi connectivity index (χ1n) is 6.21. The third-order valence-electron chi connectivity index (χ3n) is 3.58. The van der Waals surface area contributed by atoms with Crippen LogP contribution in [0.1, 0.15) is 37.3 Å². The van der Waals surface area contributed by atoms with E-state index in [-0.39, 0.29) is 5.91 Å². The number of halogens is 1. The van der Waals surface area contributed by atoms with Crippen LogP contribution < -0.4 is 11.1 Å². The van der Waals surface area contributed by atoms with Crippen molar-refractivity contribution in [3.8, 4) is 0 Å². The predicted octanol–water partition coefficient (Wildman–Crippen LogP) is 3.44. The molecule has 3 nitrogen and oxygen atoms in total. The van der Waals surface area contributed by atoms with Gasteiger partial charge >= 0.3 is 0 Å². The summed E-state index contributed by atoms with van der Waals surface area (Å²) in [7, 11) is 0. The van der Waals surface area contributed by atoms with Crippen LogP contribution in [0.4, 0.5) is 5.69 Å². The zero-order chi connectivity index (χ0) is 12.7. The number of anilines is 1. The highest BCUT2D eigenvalue weighted by Gasteiger charge is 2.28. The number of benzene rings is 1. The largest absolute Gasteiger partial charge is 0.324 e. The van der Waals surface area contributed by atoms with Crippen LogP contribution >= 0.6 is 27.7 Å². The fraction of sp³-hybridized carbons (Fsp3) is 0.462. The summed E-state index contributed by atoms with van der Waals surface area (Å²) in [6, 6.07) is 3.50. The molecule has 1 aromatic carbocycles. The van der Waals surface area contributed by atoms with Crippen LogP contribution in [0, 0.1) is 0 Å². The molecule has 2 aliphatic rings. The molecule has 1 aliphatic carbocycles. The van der Waals surface area contributed by atoms with Crippen LogP contribution in [0.3, 0.4) is 0 Å². The van der Waals surface area contributed by atoms with Crippen LogP contribution in [0.2, 0.25) is 0 Å². The first-order valence-corrected chi connectivity index (χ1v) is 7.89. The number of thioether (sulfide) groups is 1. The van der Waals surface area contributed by atoms with E-state index in [0.717, 1.165) is 15.7 Å². The van der Waals surface area contributed by atoms with E-state index in [1.165, 1.54) is 30.6 Å². The van der Waals surface area contributed by atoms with E-state index in [4.69, 9.17) is 5.73 Å². The van der Waals surface area contributed by atoms with Gasteiger partial charge in [-0.15, -0.1) is 11.8 Å². The summed E-state index contributed by atoms with van der Waals surface area (Å²) < 4.78 is 1.05. The molecule has 0 saturated heterocycles. The number of carbonyl (C=O) groups is 1. The van der Waals surface area contributed by atoms with Gasteiger partial charge in [-0.1, -0.05) is 12.8 Å². The maximum absolute atomic E-state index is 11.5. The Labute approximate surface area is 119 Å². The van der Waals surface area contributed by atoms with Gasteiger partial charge in [-0.3, -0.25) is 4.79 Å². The third kappa shape index (κ3) is 2.19. The van der Waals surface area contributed by atoms with Gasteiger partial charge in [0.1, 0.15) is 6.04 Å². The van der Waals surface area contributed by atoms with Crippen molar-refractivity contribution in [2.75, 3.05) is 5.32 Å². The molecular weight excluding hydrogens is 312 g/mol. The Hall–Kier alpha value is -0.520. The molecular formula is C13H15BrN2OS. The van der Waals surface area contributed by atoms with Gasteiger partial charge < -0.3 is 11.1 Å². The lowest BCUT2D eigenvalue weighted by Gasteiger charge is -2.12. The third-order valence-corrected chi connectivity index (χ3v) is 5.89. The topological polar surface area (TPSA) is 55.1 Å². The highest BCUT2D eigenvalue weighted by molar-refractivity contribution is 9.10. The Morgan fingerprint density at radius 1 is 1.33 bits per heavy atom. The van der Waals surface area contributed by atoms with Crippen molar-refractivity contribution < 1.29 is 4.79 Å². The standard InChI is InChI=1S/C13H15BrN2OS/c14-9-5-8-10(16-13(17)12(8)15)6-11(9)18-7-3-1-2-4-7/h5-7,12H,1-4,15H2,(H,16,17). The second-order valence-corrected chi connectivity index (χ2v) is 7.06. The average molecular weight is 327 g/mol. The Morgan fingerprint density at radius 2 is 2.06 bits per heavy atom. The number of nitrogens with two attached hydrogens (primary N) is 1. The fourth-order valence-corrected chi connectivity index (χ4v) is 4.49. The summed E-state index contributed by atoms with van der Waals surface area (Å²) >= 11 is 5.50. The first kappa shape index (κ1) is 12.5. The van der Waals surface area contributed by atoms with Crippen molar-refractivity contribution in [2.45, 2.75) is 41.9 Å². The molecule has 3 rings (SSSR count). The van der Waals surface area contributed by atoms with E-state index < -0.39 is 6.04 Å². The van der Waals surface area contributed by atoms with E-state index in [0.29, 0.717) is 5.25 Å². The van der Waals surface area contributed by atoms with Crippen molar-refractivity contribution in [2.24, 2.45) is 5.73 Å². The van der Waals surface area contributed by atoms with Crippen LogP contribution in [-0.2, 0) is 4.79 Å². The van der Waals surface area contributed by atoms with Gasteiger partial charge in [0.05, 0.1) is 0 Å². The summed E-state index contributed by atoms with van der Waals surface area (Å²) in [4.78, 5) is 12.7. The van der Waals surface area contributed by atoms with E-state index in [1.54, 1.807) is 0 Å². The second-order valence-electron chi connectivity index (χ2n) is 4.86. The Kier molecular flexibility index (Phi) is 3.38. The van der Waals surface area contributed by atoms with Gasteiger partial charge in [0.2, 0.25) is 5.91 Å². The lowest BCUT2D eigenvalue weighted by molar-refractivity contribution is -0.116. The van der Waals surface area contributed by atoms with E-state index in [9.17, 15) is 4.79 Å². The smallest absolute Gasteiger partial charge is 0.245 e. The molecule has 0 aromatic heterocycles. The molecule has 18 heavy (non-hydrogen) atoms. The maximum Gasteiger partial charge on any atom is 0.245 e. The van der Waals surface area contributed by atoms with E-state index in [2.05, 4.69) is 21.2 Å². The summed E-state index contributed by atoms with van der Waals surface area (Å²) in [5, 5.41) is 3.55. The SMILES string of the molecule is NC1C(=O)Nc2cc(SC3CCCC3)c(Br)cc21. The summed E-state index contributed by atoms with van der Waals surface area (Å²) in [5.41, 5.74) is 7.60. The molecule has 1 atom stereocenters. The molecule has 1 heterocycles. The Bertz CT molecular complexity index is 500. The number of hydrogen-bond donors (Lipinski definition) is 2. The molecule has 1 saturated carbocycles. The van der Waals surface area contributed by atoms with Gasteiger partial charge in [-0.05, 0) is 40.9 Å². The minimum absolute atomic E-state index is 0.111. The molecule has 0 spiro atoms. The summed E-state index contributed by atoms with van der Waals surface area (Å²) in [6.07, 6.45) is 5.25. The molecule has 1 fully saturated rings. The molecule has 3 N–H and O–H groups in total. The van der Waals surface area contributed by atoms with Crippen molar-refractivity contribution >= 4 is 39.3 Å². The van der Waals surface area contributed by atoms with Gasteiger partial charge in [0.15, 0.2) is 0 Å². The predicted molar refractivity (Wildman–Crippen MR) is 77.8 cm³/mol. The molecule has 1 aromatic rings. The monoisotopic (exact) mass is 326 g/mol. The molecule has 0 bridgehead atoms. The van der Waals surface area contributed by atoms with E-state index >= 15 is 0 Å². The van der Waals surface area contributed by atoms with Crippen LogP contribution in [0.5, 0.6) is 0 Å². The number of nitrogens with one attached hydrogen (secondary N) is 1. The molecule has 1 aliphatic heterocycles. The lowest BCUT2D eigenvalue weighted by atomic mass is 10.1. The Morgan fingerprint density at radius 3 is 2.78 bits per heavy atom. The summed E-state index contributed by atoms with van der Waals surface area (Å²) in [6.45, 7) is 0. The highest BCUT2D eigenvalue weighted by Crippen LogP contribution is 2.42. The fourth-order valence-electron chi connectivity index (χ4n) is 2.56. The molecule has 1 unspecified atom stereocenters. The van der Waals surface area contributed by atoms with Crippen molar-refractivity contribution in [3.05, 3.63) is 22.2 Å². The maximum atomic E-state index is 11.5. The minimum atomic E-state index is -0.526. The normalized spacial score (nSPS) is 23.2. The first-order chi connectivity index (χ1) is 8.65. The van der Waals surface area contributed by atoms with Crippen LogP contribution in [0.25, 0.3) is 0 Å². The highest BCUT2D eigenvalue weighted by atomic mass is 79.9. The molecule has 0 radical (unpaired) electrons. The van der Waals surface area contributed by atoms with Gasteiger partial charge in [0, 0.05) is 25.9 Å². The zero-order valence-corrected chi connectivity index (χ0v) is 12.3. The minimum Gasteiger partial charge on any atom is -0.324 e. The second kappa shape index (κ2) is 4.87. The molecule has 96 valence electrons. The number of amides is 1. The van der Waals surface area contributed by atoms with Gasteiger partial charge in [-0.2, -0.15) is 0 Å². The lowest BCUT2D eigenvalue weighted by Crippen LogP contribution is -2.19. The van der Waals surface area contributed by atoms with E-state index in [1.807, 2.05) is 23.9 Å². The van der Waals surface area contributed by atoms with Crippen molar-refractivity contribution in [1.29, 1.82) is 0 Å². The van der Waals surface area contributed by atoms with Crippen LogP contribution in [-0.4, -0.2) is 11.2 Å². The zero-order valence-electron chi connectivity index (χ0n) is 9.91. The van der Waals surface area contributed by atoms with Gasteiger partial charge in [-0.25, -0.2) is 0 Å². The number of hydrogen-bond acceptors (Lipinski definition) is 3. The molecule has 5 heteroatoms. The summed E-state index contributed by atoms with van der Waals surface area (Å²) in [5.74, 6) is -0.111. The van der Waals surface area contributed by atoms with Crippen molar-refractivity contribution in [1.82, 2.24) is 0 Å². The van der Waals surface area contributed by atoms with Crippen LogP contribution in [0.15, 0.2) is 21.5 Å².